The summed E-state index contributed by atoms with van der Waals surface area (Å²) >= 11 is 0. The maximum atomic E-state index is 4.22. The summed E-state index contributed by atoms with van der Waals surface area (Å²) in [7, 11) is 0. The number of imidazole rings is 1. The summed E-state index contributed by atoms with van der Waals surface area (Å²) in [6.45, 7) is 9.42. The number of hydrogen-bond acceptors (Lipinski definition) is 3. The second-order valence-corrected chi connectivity index (χ2v) is 6.64. The van der Waals surface area contributed by atoms with Crippen molar-refractivity contribution in [3.63, 3.8) is 0 Å². The molecule has 0 atom stereocenters. The van der Waals surface area contributed by atoms with Crippen LogP contribution in [0.5, 0.6) is 0 Å². The third kappa shape index (κ3) is 3.74. The fourth-order valence-corrected chi connectivity index (χ4v) is 3.23. The number of fused-ring (bicyclic) bond motifs is 2. The summed E-state index contributed by atoms with van der Waals surface area (Å²) in [5.74, 6) is 0. The van der Waals surface area contributed by atoms with Gasteiger partial charge in [-0.3, -0.25) is 0 Å². The van der Waals surface area contributed by atoms with Gasteiger partial charge in [0.25, 0.3) is 0 Å². The molecule has 2 heterocycles. The Hall–Kier alpha value is -2.75. The van der Waals surface area contributed by atoms with Crippen LogP contribution in [-0.4, -0.2) is 19.5 Å². The van der Waals surface area contributed by atoms with Gasteiger partial charge >= 0.3 is 0 Å². The van der Waals surface area contributed by atoms with Gasteiger partial charge in [0.05, 0.1) is 12.0 Å². The van der Waals surface area contributed by atoms with Crippen molar-refractivity contribution in [1.29, 1.82) is 0 Å². The molecule has 4 nitrogen and oxygen atoms in total. The zero-order chi connectivity index (χ0) is 18.5. The van der Waals surface area contributed by atoms with Crippen molar-refractivity contribution < 1.29 is 0 Å². The summed E-state index contributed by atoms with van der Waals surface area (Å²) < 4.78 is 2.05. The topological polar surface area (TPSA) is 43.6 Å². The fraction of sp³-hybridized carbons (Fsp3) is 0.318. The van der Waals surface area contributed by atoms with E-state index in [1.807, 2.05) is 23.6 Å². The molecule has 0 spiro atoms. The maximum absolute atomic E-state index is 4.22. The molecule has 1 aromatic carbocycles. The molecule has 3 aromatic rings. The van der Waals surface area contributed by atoms with Gasteiger partial charge in [-0.1, -0.05) is 41.5 Å². The number of benzene rings is 1. The Morgan fingerprint density at radius 2 is 1.65 bits per heavy atom. The van der Waals surface area contributed by atoms with Gasteiger partial charge in [-0.15, -0.1) is 0 Å². The average molecular weight is 346 g/mol. The molecule has 0 saturated heterocycles. The molecule has 1 aliphatic carbocycles. The van der Waals surface area contributed by atoms with Crippen molar-refractivity contribution in [3.05, 3.63) is 71.0 Å². The van der Waals surface area contributed by atoms with E-state index in [9.17, 15) is 0 Å². The van der Waals surface area contributed by atoms with E-state index in [1.54, 1.807) is 23.8 Å². The molecule has 0 bridgehead atoms. The predicted molar refractivity (Wildman–Crippen MR) is 108 cm³/mol. The van der Waals surface area contributed by atoms with Gasteiger partial charge in [0.15, 0.2) is 5.65 Å². The fourth-order valence-electron chi connectivity index (χ4n) is 3.23. The van der Waals surface area contributed by atoms with Crippen molar-refractivity contribution in [2.75, 3.05) is 0 Å². The van der Waals surface area contributed by atoms with Gasteiger partial charge in [-0.2, -0.15) is 0 Å². The Labute approximate surface area is 155 Å². The standard InChI is InChI=1S/C12H14.C10H12N4/c1-9-7-11-5-3-4-6-12(11)8-10(9)2;1-3-5-8-9-10(12-6-11-8)13-7-14(9)4-2/h3-6H,7-8H2,1-2H3;3,5-7H,4H2,1-2H3/b;5-3+. The van der Waals surface area contributed by atoms with Gasteiger partial charge < -0.3 is 4.57 Å². The van der Waals surface area contributed by atoms with Gasteiger partial charge in [0.2, 0.25) is 0 Å². The quantitative estimate of drug-likeness (QED) is 0.613. The molecule has 0 N–H and O–H groups in total. The van der Waals surface area contributed by atoms with Crippen LogP contribution in [0.15, 0.2) is 54.1 Å². The van der Waals surface area contributed by atoms with E-state index >= 15 is 0 Å². The Balaban J connectivity index is 0.000000152. The number of nitrogens with zero attached hydrogens (tertiary/aromatic N) is 4. The Bertz CT molecular complexity index is 930. The number of hydrogen-bond donors (Lipinski definition) is 0. The third-order valence-electron chi connectivity index (χ3n) is 4.86. The first kappa shape index (κ1) is 18.1. The second-order valence-electron chi connectivity index (χ2n) is 6.64. The van der Waals surface area contributed by atoms with Gasteiger partial charge in [-0.05, 0) is 57.7 Å². The first-order valence-electron chi connectivity index (χ1n) is 9.14. The molecule has 4 rings (SSSR count). The number of aryl methyl sites for hydroxylation is 1. The number of rotatable bonds is 2. The Kier molecular flexibility index (Phi) is 5.61. The summed E-state index contributed by atoms with van der Waals surface area (Å²) in [5, 5.41) is 0. The number of allylic oxidation sites excluding steroid dienone is 3. The minimum absolute atomic E-state index is 0.759. The molecule has 0 radical (unpaired) electrons. The highest BCUT2D eigenvalue weighted by atomic mass is 15.1. The molecular weight excluding hydrogens is 320 g/mol. The lowest BCUT2D eigenvalue weighted by Crippen LogP contribution is -2.04. The minimum Gasteiger partial charge on any atom is -0.328 e. The first-order valence-corrected chi connectivity index (χ1v) is 9.14. The molecular formula is C22H26N4. The van der Waals surface area contributed by atoms with E-state index in [-0.39, 0.29) is 0 Å². The molecule has 0 amide bonds. The van der Waals surface area contributed by atoms with Crippen LogP contribution in [0.4, 0.5) is 0 Å². The lowest BCUT2D eigenvalue weighted by Gasteiger charge is -2.18. The summed E-state index contributed by atoms with van der Waals surface area (Å²) in [5.41, 5.74) is 8.82. The highest BCUT2D eigenvalue weighted by molar-refractivity contribution is 5.79. The zero-order valence-electron chi connectivity index (χ0n) is 16.0. The largest absolute Gasteiger partial charge is 0.328 e. The van der Waals surface area contributed by atoms with Gasteiger partial charge in [0.1, 0.15) is 11.8 Å². The lowest BCUT2D eigenvalue weighted by atomic mass is 9.88. The summed E-state index contributed by atoms with van der Waals surface area (Å²) in [6, 6.07) is 8.75. The molecule has 4 heteroatoms. The molecule has 26 heavy (non-hydrogen) atoms. The molecule has 0 unspecified atom stereocenters. The first-order chi connectivity index (χ1) is 12.6. The third-order valence-corrected chi connectivity index (χ3v) is 4.86. The predicted octanol–water partition coefficient (Wildman–Crippen LogP) is 5.00. The average Bonchev–Trinajstić information content (AvgIpc) is 3.08. The van der Waals surface area contributed by atoms with Crippen molar-refractivity contribution in [1.82, 2.24) is 19.5 Å². The van der Waals surface area contributed by atoms with Crippen LogP contribution in [0.25, 0.3) is 17.2 Å². The minimum atomic E-state index is 0.759. The van der Waals surface area contributed by atoms with Gasteiger partial charge in [-0.25, -0.2) is 15.0 Å². The Morgan fingerprint density at radius 1 is 1.00 bits per heavy atom. The zero-order valence-corrected chi connectivity index (χ0v) is 16.0. The van der Waals surface area contributed by atoms with Crippen LogP contribution in [-0.2, 0) is 19.4 Å². The van der Waals surface area contributed by atoms with Crippen LogP contribution in [0, 0.1) is 0 Å². The second kappa shape index (κ2) is 8.09. The molecule has 0 fully saturated rings. The monoisotopic (exact) mass is 346 g/mol. The van der Waals surface area contributed by atoms with Crippen LogP contribution in [0.2, 0.25) is 0 Å². The maximum Gasteiger partial charge on any atom is 0.181 e. The lowest BCUT2D eigenvalue weighted by molar-refractivity contribution is 0.785. The number of aromatic nitrogens is 4. The Morgan fingerprint density at radius 3 is 2.23 bits per heavy atom. The summed E-state index contributed by atoms with van der Waals surface area (Å²) in [6.07, 6.45) is 9.59. The van der Waals surface area contributed by atoms with E-state index in [2.05, 4.69) is 60.0 Å². The molecule has 1 aliphatic rings. The molecule has 0 aliphatic heterocycles. The molecule has 134 valence electrons. The van der Waals surface area contributed by atoms with Crippen LogP contribution < -0.4 is 0 Å². The van der Waals surface area contributed by atoms with E-state index in [0.717, 1.165) is 36.2 Å². The highest BCUT2D eigenvalue weighted by Gasteiger charge is 2.10. The normalized spacial score (nSPS) is 13.7. The van der Waals surface area contributed by atoms with Crippen molar-refractivity contribution in [2.24, 2.45) is 0 Å². The van der Waals surface area contributed by atoms with E-state index < -0.39 is 0 Å². The van der Waals surface area contributed by atoms with E-state index in [1.165, 1.54) is 11.1 Å². The summed E-state index contributed by atoms with van der Waals surface area (Å²) in [4.78, 5) is 12.5. The van der Waals surface area contributed by atoms with Crippen LogP contribution in [0.1, 0.15) is 44.5 Å². The van der Waals surface area contributed by atoms with Crippen LogP contribution >= 0.6 is 0 Å². The SMILES string of the molecule is C/C=C/c1ncnc2ncn(CC)c12.CC1=C(C)Cc2ccccc2C1. The van der Waals surface area contributed by atoms with E-state index in [4.69, 9.17) is 0 Å². The van der Waals surface area contributed by atoms with Crippen molar-refractivity contribution in [2.45, 2.75) is 47.1 Å². The van der Waals surface area contributed by atoms with Crippen molar-refractivity contribution in [3.8, 4) is 0 Å². The molecule has 2 aromatic heterocycles. The molecule has 0 saturated carbocycles. The highest BCUT2D eigenvalue weighted by Crippen LogP contribution is 2.24. The van der Waals surface area contributed by atoms with Crippen molar-refractivity contribution >= 4 is 17.2 Å². The van der Waals surface area contributed by atoms with Gasteiger partial charge in [0, 0.05) is 6.54 Å². The van der Waals surface area contributed by atoms with E-state index in [0.29, 0.717) is 0 Å². The smallest absolute Gasteiger partial charge is 0.181 e. The van der Waals surface area contributed by atoms with Crippen LogP contribution in [0.3, 0.4) is 0 Å².